The van der Waals surface area contributed by atoms with Gasteiger partial charge in [-0.3, -0.25) is 0 Å². The van der Waals surface area contributed by atoms with Crippen molar-refractivity contribution in [3.8, 4) is 11.3 Å². The number of halogens is 2. The monoisotopic (exact) mass is 364 g/mol. The maximum absolute atomic E-state index is 13.2. The van der Waals surface area contributed by atoms with Crippen LogP contribution in [0.1, 0.15) is 5.56 Å². The molecule has 4 rings (SSSR count). The molecule has 0 amide bonds. The SMILES string of the molecule is Fc1ccc(CNc2nn3c(-c4ccsc4)cnc3s2)cc1Cl. The highest BCUT2D eigenvalue weighted by molar-refractivity contribution is 7.20. The average molecular weight is 365 g/mol. The molecule has 0 aliphatic carbocycles. The third-order valence-corrected chi connectivity index (χ3v) is 5.18. The van der Waals surface area contributed by atoms with Crippen molar-refractivity contribution in [1.82, 2.24) is 14.6 Å². The summed E-state index contributed by atoms with van der Waals surface area (Å²) in [4.78, 5) is 5.21. The second kappa shape index (κ2) is 5.92. The summed E-state index contributed by atoms with van der Waals surface area (Å²) in [5.41, 5.74) is 2.96. The van der Waals surface area contributed by atoms with Gasteiger partial charge in [0.05, 0.1) is 16.9 Å². The van der Waals surface area contributed by atoms with Crippen molar-refractivity contribution in [2.24, 2.45) is 0 Å². The molecule has 0 aliphatic rings. The number of benzene rings is 1. The minimum Gasteiger partial charge on any atom is -0.356 e. The van der Waals surface area contributed by atoms with Crippen LogP contribution >= 0.6 is 34.3 Å². The minimum absolute atomic E-state index is 0.123. The third kappa shape index (κ3) is 2.83. The van der Waals surface area contributed by atoms with E-state index in [1.165, 1.54) is 17.4 Å². The van der Waals surface area contributed by atoms with E-state index in [1.807, 2.05) is 22.2 Å². The quantitative estimate of drug-likeness (QED) is 0.558. The Kier molecular flexibility index (Phi) is 3.76. The van der Waals surface area contributed by atoms with Crippen molar-refractivity contribution >= 4 is 44.4 Å². The van der Waals surface area contributed by atoms with Gasteiger partial charge in [-0.2, -0.15) is 11.3 Å². The smallest absolute Gasteiger partial charge is 0.214 e. The molecule has 0 atom stereocenters. The Morgan fingerprint density at radius 1 is 1.30 bits per heavy atom. The van der Waals surface area contributed by atoms with Gasteiger partial charge in [0.1, 0.15) is 5.82 Å². The van der Waals surface area contributed by atoms with Gasteiger partial charge in [-0.25, -0.2) is 13.9 Å². The summed E-state index contributed by atoms with van der Waals surface area (Å²) in [6.45, 7) is 0.518. The fraction of sp³-hybridized carbons (Fsp3) is 0.0667. The van der Waals surface area contributed by atoms with E-state index in [2.05, 4.69) is 20.8 Å². The molecule has 0 saturated heterocycles. The van der Waals surface area contributed by atoms with Crippen LogP contribution in [0.4, 0.5) is 9.52 Å². The standard InChI is InChI=1S/C15H10ClFN4S2/c16-11-5-9(1-2-12(11)17)6-18-14-20-21-13(7-19-15(21)23-14)10-3-4-22-8-10/h1-5,7-8H,6H2,(H,18,20). The Hall–Kier alpha value is -1.96. The number of fused-ring (bicyclic) bond motifs is 1. The zero-order valence-corrected chi connectivity index (χ0v) is 14.1. The molecular formula is C15H10ClFN4S2. The van der Waals surface area contributed by atoms with E-state index in [0.29, 0.717) is 6.54 Å². The second-order valence-corrected chi connectivity index (χ2v) is 7.00. The highest BCUT2D eigenvalue weighted by atomic mass is 35.5. The molecule has 0 aliphatic heterocycles. The molecule has 23 heavy (non-hydrogen) atoms. The van der Waals surface area contributed by atoms with Gasteiger partial charge in [0.2, 0.25) is 10.1 Å². The number of hydrogen-bond acceptors (Lipinski definition) is 5. The molecule has 8 heteroatoms. The topological polar surface area (TPSA) is 42.2 Å². The van der Waals surface area contributed by atoms with Crippen LogP contribution in [0.2, 0.25) is 5.02 Å². The summed E-state index contributed by atoms with van der Waals surface area (Å²) >= 11 is 8.90. The number of nitrogens with one attached hydrogen (secondary N) is 1. The molecule has 3 heterocycles. The van der Waals surface area contributed by atoms with Crippen molar-refractivity contribution < 1.29 is 4.39 Å². The van der Waals surface area contributed by atoms with Crippen LogP contribution < -0.4 is 5.32 Å². The number of thiophene rings is 1. The van der Waals surface area contributed by atoms with Crippen LogP contribution in [-0.4, -0.2) is 14.6 Å². The minimum atomic E-state index is -0.413. The molecular weight excluding hydrogens is 355 g/mol. The van der Waals surface area contributed by atoms with E-state index in [9.17, 15) is 4.39 Å². The zero-order chi connectivity index (χ0) is 15.8. The number of imidazole rings is 1. The molecule has 0 radical (unpaired) electrons. The first-order valence-electron chi connectivity index (χ1n) is 6.75. The molecule has 0 spiro atoms. The van der Waals surface area contributed by atoms with Crippen molar-refractivity contribution in [3.63, 3.8) is 0 Å². The van der Waals surface area contributed by atoms with E-state index in [0.717, 1.165) is 26.9 Å². The van der Waals surface area contributed by atoms with Gasteiger partial charge >= 0.3 is 0 Å². The first-order valence-corrected chi connectivity index (χ1v) is 8.89. The molecule has 116 valence electrons. The lowest BCUT2D eigenvalue weighted by atomic mass is 10.2. The van der Waals surface area contributed by atoms with Crippen LogP contribution in [0.3, 0.4) is 0 Å². The maximum Gasteiger partial charge on any atom is 0.214 e. The largest absolute Gasteiger partial charge is 0.356 e. The van der Waals surface area contributed by atoms with Gasteiger partial charge in [0.25, 0.3) is 0 Å². The zero-order valence-electron chi connectivity index (χ0n) is 11.7. The van der Waals surface area contributed by atoms with Crippen LogP contribution in [0.25, 0.3) is 16.2 Å². The third-order valence-electron chi connectivity index (χ3n) is 3.33. The lowest BCUT2D eigenvalue weighted by Gasteiger charge is -2.03. The normalized spacial score (nSPS) is 11.2. The van der Waals surface area contributed by atoms with Crippen molar-refractivity contribution in [1.29, 1.82) is 0 Å². The lowest BCUT2D eigenvalue weighted by molar-refractivity contribution is 0.627. The summed E-state index contributed by atoms with van der Waals surface area (Å²) in [7, 11) is 0. The number of rotatable bonds is 4. The number of nitrogens with zero attached hydrogens (tertiary/aromatic N) is 3. The van der Waals surface area contributed by atoms with E-state index in [1.54, 1.807) is 23.5 Å². The highest BCUT2D eigenvalue weighted by Gasteiger charge is 2.11. The Bertz CT molecular complexity index is 961. The van der Waals surface area contributed by atoms with E-state index in [4.69, 9.17) is 11.6 Å². The Morgan fingerprint density at radius 3 is 3.00 bits per heavy atom. The van der Waals surface area contributed by atoms with Gasteiger partial charge in [-0.05, 0) is 29.1 Å². The maximum atomic E-state index is 13.2. The summed E-state index contributed by atoms with van der Waals surface area (Å²) in [5, 5.41) is 12.7. The Morgan fingerprint density at radius 2 is 2.22 bits per heavy atom. The summed E-state index contributed by atoms with van der Waals surface area (Å²) in [6.07, 6.45) is 1.82. The highest BCUT2D eigenvalue weighted by Crippen LogP contribution is 2.27. The molecule has 4 nitrogen and oxygen atoms in total. The van der Waals surface area contributed by atoms with Gasteiger partial charge in [-0.15, -0.1) is 5.10 Å². The number of anilines is 1. The van der Waals surface area contributed by atoms with Crippen LogP contribution in [0.15, 0.2) is 41.2 Å². The molecule has 1 N–H and O–H groups in total. The van der Waals surface area contributed by atoms with Crippen molar-refractivity contribution in [3.05, 3.63) is 57.6 Å². The molecule has 0 bridgehead atoms. The molecule has 0 saturated carbocycles. The Labute approximate surface area is 144 Å². The lowest BCUT2D eigenvalue weighted by Crippen LogP contribution is -2.00. The van der Waals surface area contributed by atoms with Crippen LogP contribution in [-0.2, 0) is 6.54 Å². The van der Waals surface area contributed by atoms with Crippen molar-refractivity contribution in [2.45, 2.75) is 6.54 Å². The van der Waals surface area contributed by atoms with Gasteiger partial charge in [0, 0.05) is 17.5 Å². The van der Waals surface area contributed by atoms with Crippen LogP contribution in [0.5, 0.6) is 0 Å². The summed E-state index contributed by atoms with van der Waals surface area (Å²) in [6, 6.07) is 6.72. The van der Waals surface area contributed by atoms with E-state index < -0.39 is 5.82 Å². The average Bonchev–Trinajstić information content (AvgIpc) is 3.24. The predicted molar refractivity (Wildman–Crippen MR) is 92.9 cm³/mol. The predicted octanol–water partition coefficient (Wildman–Crippen LogP) is 4.92. The molecule has 0 unspecified atom stereocenters. The molecule has 1 aromatic carbocycles. The summed E-state index contributed by atoms with van der Waals surface area (Å²) in [5.74, 6) is -0.413. The van der Waals surface area contributed by atoms with Gasteiger partial charge < -0.3 is 5.32 Å². The first-order chi connectivity index (χ1) is 11.2. The number of aromatic nitrogens is 3. The van der Waals surface area contributed by atoms with Gasteiger partial charge in [-0.1, -0.05) is 29.0 Å². The van der Waals surface area contributed by atoms with E-state index in [-0.39, 0.29) is 5.02 Å². The Balaban J connectivity index is 1.56. The molecule has 3 aromatic heterocycles. The summed E-state index contributed by atoms with van der Waals surface area (Å²) < 4.78 is 15.0. The fourth-order valence-corrected chi connectivity index (χ4v) is 3.82. The second-order valence-electron chi connectivity index (χ2n) is 4.86. The van der Waals surface area contributed by atoms with Gasteiger partial charge in [0.15, 0.2) is 0 Å². The fourth-order valence-electron chi connectivity index (χ4n) is 2.20. The molecule has 4 aromatic rings. The van der Waals surface area contributed by atoms with E-state index >= 15 is 0 Å². The van der Waals surface area contributed by atoms with Crippen molar-refractivity contribution in [2.75, 3.05) is 5.32 Å². The molecule has 0 fully saturated rings. The first kappa shape index (κ1) is 14.6. The van der Waals surface area contributed by atoms with Crippen LogP contribution in [0, 0.1) is 5.82 Å². The number of hydrogen-bond donors (Lipinski definition) is 1.